The zero-order valence-electron chi connectivity index (χ0n) is 15.4. The molecule has 1 aliphatic rings. The largest absolute Gasteiger partial charge is 0.348 e. The molecule has 140 valence electrons. The molecule has 6 nitrogen and oxygen atoms in total. The van der Waals surface area contributed by atoms with Gasteiger partial charge in [0.15, 0.2) is 0 Å². The molecule has 2 heterocycles. The van der Waals surface area contributed by atoms with E-state index in [2.05, 4.69) is 4.57 Å². The summed E-state index contributed by atoms with van der Waals surface area (Å²) in [7, 11) is -3.41. The summed E-state index contributed by atoms with van der Waals surface area (Å²) in [5, 5.41) is 0. The lowest BCUT2D eigenvalue weighted by Crippen LogP contribution is -2.47. The van der Waals surface area contributed by atoms with Crippen LogP contribution in [-0.4, -0.2) is 54.0 Å². The summed E-state index contributed by atoms with van der Waals surface area (Å²) in [6.07, 6.45) is 3.17. The number of likely N-dealkylation sites (N-methyl/N-ethyl adjacent to an activating group) is 1. The fraction of sp³-hybridized carbons (Fsp3) is 0.421. The molecule has 1 unspecified atom stereocenters. The van der Waals surface area contributed by atoms with Crippen molar-refractivity contribution in [2.45, 2.75) is 26.4 Å². The fourth-order valence-corrected chi connectivity index (χ4v) is 4.39. The van der Waals surface area contributed by atoms with Crippen molar-refractivity contribution in [2.24, 2.45) is 0 Å². The number of sulfonamides is 1. The molecule has 0 saturated heterocycles. The topological polar surface area (TPSA) is 62.6 Å². The van der Waals surface area contributed by atoms with E-state index in [4.69, 9.17) is 0 Å². The van der Waals surface area contributed by atoms with Gasteiger partial charge in [0.05, 0.1) is 18.8 Å². The van der Waals surface area contributed by atoms with Crippen molar-refractivity contribution in [3.63, 3.8) is 0 Å². The number of hydrogen-bond acceptors (Lipinski definition) is 3. The van der Waals surface area contributed by atoms with Gasteiger partial charge in [0.25, 0.3) is 0 Å². The van der Waals surface area contributed by atoms with Gasteiger partial charge in [0, 0.05) is 31.5 Å². The van der Waals surface area contributed by atoms with Crippen molar-refractivity contribution in [3.05, 3.63) is 59.4 Å². The Bertz CT molecular complexity index is 904. The van der Waals surface area contributed by atoms with Crippen LogP contribution in [0.5, 0.6) is 0 Å². The predicted octanol–water partition coefficient (Wildman–Crippen LogP) is 2.01. The monoisotopic (exact) mass is 375 g/mol. The first-order valence-electron chi connectivity index (χ1n) is 8.78. The second-order valence-corrected chi connectivity index (χ2v) is 8.64. The van der Waals surface area contributed by atoms with Crippen LogP contribution in [0, 0.1) is 6.92 Å². The number of aryl methyl sites for hydroxylation is 1. The van der Waals surface area contributed by atoms with Gasteiger partial charge >= 0.3 is 0 Å². The molecule has 0 N–H and O–H groups in total. The van der Waals surface area contributed by atoms with Crippen molar-refractivity contribution < 1.29 is 13.2 Å². The molecule has 0 bridgehead atoms. The molecule has 3 rings (SSSR count). The van der Waals surface area contributed by atoms with Gasteiger partial charge in [-0.05, 0) is 30.2 Å². The van der Waals surface area contributed by atoms with Gasteiger partial charge in [0.1, 0.15) is 0 Å². The number of benzene rings is 1. The summed E-state index contributed by atoms with van der Waals surface area (Å²) in [4.78, 5) is 14.9. The van der Waals surface area contributed by atoms with Crippen molar-refractivity contribution in [1.82, 2.24) is 13.8 Å². The zero-order valence-corrected chi connectivity index (χ0v) is 16.2. The lowest BCUT2D eigenvalue weighted by atomic mass is 9.95. The summed E-state index contributed by atoms with van der Waals surface area (Å²) in [5.41, 5.74) is 3.24. The van der Waals surface area contributed by atoms with E-state index in [-0.39, 0.29) is 25.0 Å². The highest BCUT2D eigenvalue weighted by Gasteiger charge is 2.34. The lowest BCUT2D eigenvalue weighted by molar-refractivity contribution is -0.134. The third kappa shape index (κ3) is 3.54. The highest BCUT2D eigenvalue weighted by molar-refractivity contribution is 7.88. The standard InChI is InChI=1S/C19H25N3O3S/c1-4-21(26(3,24)25)14-18(23)22-13-12-20-11-7-10-17(20)19(22)16-9-6-5-8-15(16)2/h5-11,19H,4,12-14H2,1-3H3. The summed E-state index contributed by atoms with van der Waals surface area (Å²) < 4.78 is 27.2. The first kappa shape index (κ1) is 18.7. The summed E-state index contributed by atoms with van der Waals surface area (Å²) >= 11 is 0. The highest BCUT2D eigenvalue weighted by Crippen LogP contribution is 2.34. The van der Waals surface area contributed by atoms with Crippen molar-refractivity contribution in [2.75, 3.05) is 25.9 Å². The maximum atomic E-state index is 13.1. The lowest BCUT2D eigenvalue weighted by Gasteiger charge is -2.38. The second kappa shape index (κ2) is 7.25. The molecule has 1 atom stereocenters. The van der Waals surface area contributed by atoms with E-state index in [1.54, 1.807) is 6.92 Å². The van der Waals surface area contributed by atoms with E-state index in [1.807, 2.05) is 54.4 Å². The Balaban J connectivity index is 1.98. The Morgan fingerprint density at radius 3 is 2.58 bits per heavy atom. The quantitative estimate of drug-likeness (QED) is 0.803. The van der Waals surface area contributed by atoms with Gasteiger partial charge in [-0.2, -0.15) is 4.31 Å². The van der Waals surface area contributed by atoms with E-state index >= 15 is 0 Å². The first-order chi connectivity index (χ1) is 12.3. The van der Waals surface area contributed by atoms with Crippen LogP contribution in [0.4, 0.5) is 0 Å². The van der Waals surface area contributed by atoms with Crippen LogP contribution in [0.15, 0.2) is 42.6 Å². The van der Waals surface area contributed by atoms with Gasteiger partial charge < -0.3 is 9.47 Å². The molecule has 1 aliphatic heterocycles. The maximum absolute atomic E-state index is 13.1. The molecule has 26 heavy (non-hydrogen) atoms. The fourth-order valence-electron chi connectivity index (χ4n) is 3.58. The smallest absolute Gasteiger partial charge is 0.238 e. The highest BCUT2D eigenvalue weighted by atomic mass is 32.2. The number of amides is 1. The molecule has 0 radical (unpaired) electrons. The molecule has 7 heteroatoms. The molecular weight excluding hydrogens is 350 g/mol. The van der Waals surface area contributed by atoms with Crippen LogP contribution in [0.25, 0.3) is 0 Å². The maximum Gasteiger partial charge on any atom is 0.238 e. The Morgan fingerprint density at radius 1 is 1.19 bits per heavy atom. The number of aromatic nitrogens is 1. The normalized spacial score (nSPS) is 17.4. The molecule has 1 amide bonds. The minimum absolute atomic E-state index is 0.127. The first-order valence-corrected chi connectivity index (χ1v) is 10.6. The molecule has 0 fully saturated rings. The summed E-state index contributed by atoms with van der Waals surface area (Å²) in [6.45, 7) is 5.20. The van der Waals surface area contributed by atoms with Crippen LogP contribution in [0.2, 0.25) is 0 Å². The van der Waals surface area contributed by atoms with Crippen molar-refractivity contribution in [1.29, 1.82) is 0 Å². The Labute approximate surface area is 155 Å². The van der Waals surface area contributed by atoms with Gasteiger partial charge in [0.2, 0.25) is 15.9 Å². The zero-order chi connectivity index (χ0) is 18.9. The Hall–Kier alpha value is -2.12. The molecule has 0 aliphatic carbocycles. The third-order valence-corrected chi connectivity index (χ3v) is 6.30. The second-order valence-electron chi connectivity index (χ2n) is 6.66. The number of hydrogen-bond donors (Lipinski definition) is 0. The van der Waals surface area contributed by atoms with E-state index < -0.39 is 10.0 Å². The average Bonchev–Trinajstić information content (AvgIpc) is 3.07. The van der Waals surface area contributed by atoms with E-state index in [1.165, 1.54) is 4.31 Å². The van der Waals surface area contributed by atoms with Crippen LogP contribution in [0.3, 0.4) is 0 Å². The van der Waals surface area contributed by atoms with Crippen LogP contribution in [-0.2, 0) is 21.4 Å². The third-order valence-electron chi connectivity index (χ3n) is 4.98. The van der Waals surface area contributed by atoms with Crippen LogP contribution in [0.1, 0.15) is 29.8 Å². The number of fused-ring (bicyclic) bond motifs is 1. The van der Waals surface area contributed by atoms with E-state index in [0.717, 1.165) is 23.1 Å². The Kier molecular flexibility index (Phi) is 5.20. The molecule has 0 saturated carbocycles. The van der Waals surface area contributed by atoms with Gasteiger partial charge in [-0.3, -0.25) is 4.79 Å². The van der Waals surface area contributed by atoms with Gasteiger partial charge in [-0.15, -0.1) is 0 Å². The summed E-state index contributed by atoms with van der Waals surface area (Å²) in [6, 6.07) is 11.8. The van der Waals surface area contributed by atoms with E-state index in [9.17, 15) is 13.2 Å². The summed E-state index contributed by atoms with van der Waals surface area (Å²) in [5.74, 6) is -0.169. The Morgan fingerprint density at radius 2 is 1.92 bits per heavy atom. The average molecular weight is 375 g/mol. The SMILES string of the molecule is CCN(CC(=O)N1CCn2cccc2C1c1ccccc1C)S(C)(=O)=O. The molecule has 1 aromatic heterocycles. The number of nitrogens with zero attached hydrogens (tertiary/aromatic N) is 3. The molecule has 1 aromatic carbocycles. The van der Waals surface area contributed by atoms with Gasteiger partial charge in [-0.25, -0.2) is 8.42 Å². The molecule has 0 spiro atoms. The number of rotatable bonds is 5. The van der Waals surface area contributed by atoms with Gasteiger partial charge in [-0.1, -0.05) is 31.2 Å². The van der Waals surface area contributed by atoms with E-state index in [0.29, 0.717) is 13.1 Å². The van der Waals surface area contributed by atoms with Crippen molar-refractivity contribution in [3.8, 4) is 0 Å². The minimum Gasteiger partial charge on any atom is -0.348 e. The van der Waals surface area contributed by atoms with Crippen LogP contribution >= 0.6 is 0 Å². The molecule has 2 aromatic rings. The molecular formula is C19H25N3O3S. The number of carbonyl (C=O) groups excluding carboxylic acids is 1. The predicted molar refractivity (Wildman–Crippen MR) is 101 cm³/mol. The minimum atomic E-state index is -3.41. The van der Waals surface area contributed by atoms with Crippen molar-refractivity contribution >= 4 is 15.9 Å². The number of carbonyl (C=O) groups is 1. The van der Waals surface area contributed by atoms with Crippen LogP contribution < -0.4 is 0 Å².